The fraction of sp³-hybridized carbons (Fsp3) is 0.158. The number of anilines is 1. The number of pyridine rings is 1. The fourth-order valence-electron chi connectivity index (χ4n) is 2.84. The molecule has 0 saturated heterocycles. The molecule has 0 radical (unpaired) electrons. The first-order chi connectivity index (χ1) is 11.0. The van der Waals surface area contributed by atoms with Crippen molar-refractivity contribution >= 4 is 22.5 Å². The number of hydrogen-bond donors (Lipinski definition) is 1. The summed E-state index contributed by atoms with van der Waals surface area (Å²) in [6, 6.07) is 13.1. The third kappa shape index (κ3) is 2.63. The molecule has 0 bridgehead atoms. The monoisotopic (exact) mass is 306 g/mol. The van der Waals surface area contributed by atoms with Crippen LogP contribution in [0.25, 0.3) is 10.9 Å². The number of aromatic amines is 1. The van der Waals surface area contributed by atoms with Crippen molar-refractivity contribution in [3.8, 4) is 0 Å². The van der Waals surface area contributed by atoms with Crippen LogP contribution in [0, 0.1) is 13.8 Å². The molecule has 116 valence electrons. The summed E-state index contributed by atoms with van der Waals surface area (Å²) in [6.45, 7) is 3.87. The Labute approximate surface area is 134 Å². The van der Waals surface area contributed by atoms with Gasteiger partial charge in [0.15, 0.2) is 0 Å². The van der Waals surface area contributed by atoms with Crippen molar-refractivity contribution in [2.45, 2.75) is 13.8 Å². The second-order valence-electron chi connectivity index (χ2n) is 5.74. The maximum atomic E-state index is 12.8. The van der Waals surface area contributed by atoms with Crippen LogP contribution in [-0.4, -0.2) is 17.9 Å². The summed E-state index contributed by atoms with van der Waals surface area (Å²) in [5, 5.41) is 0.572. The van der Waals surface area contributed by atoms with Crippen LogP contribution in [0.15, 0.2) is 53.5 Å². The van der Waals surface area contributed by atoms with Crippen molar-refractivity contribution in [3.63, 3.8) is 0 Å². The number of carbonyl (C=O) groups excluding carboxylic acids is 1. The van der Waals surface area contributed by atoms with Crippen LogP contribution in [0.3, 0.4) is 0 Å². The SMILES string of the molecule is Cc1cc(C)c2c(=O)c(C(=O)N(C)c3ccccc3)c[nH]c2c1. The van der Waals surface area contributed by atoms with E-state index in [-0.39, 0.29) is 16.9 Å². The molecule has 1 aromatic heterocycles. The molecule has 0 aliphatic heterocycles. The van der Waals surface area contributed by atoms with Crippen LogP contribution in [0.5, 0.6) is 0 Å². The van der Waals surface area contributed by atoms with Crippen LogP contribution >= 0.6 is 0 Å². The number of hydrogen-bond acceptors (Lipinski definition) is 2. The first-order valence-electron chi connectivity index (χ1n) is 7.45. The molecule has 4 heteroatoms. The number of para-hydroxylation sites is 1. The number of fused-ring (bicyclic) bond motifs is 1. The molecule has 0 atom stereocenters. The molecule has 1 amide bonds. The lowest BCUT2D eigenvalue weighted by Crippen LogP contribution is -2.31. The van der Waals surface area contributed by atoms with E-state index < -0.39 is 0 Å². The van der Waals surface area contributed by atoms with Gasteiger partial charge in [-0.15, -0.1) is 0 Å². The molecular weight excluding hydrogens is 288 g/mol. The van der Waals surface area contributed by atoms with Crippen molar-refractivity contribution in [3.05, 3.63) is 75.6 Å². The Balaban J connectivity index is 2.12. The standard InChI is InChI=1S/C19H18N2O2/c1-12-9-13(2)17-16(10-12)20-11-15(18(17)22)19(23)21(3)14-7-5-4-6-8-14/h4-11H,1-3H3,(H,20,22). The van der Waals surface area contributed by atoms with Crippen molar-refractivity contribution in [1.82, 2.24) is 4.98 Å². The fourth-order valence-corrected chi connectivity index (χ4v) is 2.84. The number of benzene rings is 2. The van der Waals surface area contributed by atoms with Gasteiger partial charge in [0.05, 0.1) is 0 Å². The Morgan fingerprint density at radius 3 is 2.48 bits per heavy atom. The van der Waals surface area contributed by atoms with Gasteiger partial charge in [0.25, 0.3) is 5.91 Å². The van der Waals surface area contributed by atoms with Gasteiger partial charge in [0, 0.05) is 29.8 Å². The number of nitrogens with zero attached hydrogens (tertiary/aromatic N) is 1. The zero-order chi connectivity index (χ0) is 16.6. The van der Waals surface area contributed by atoms with E-state index >= 15 is 0 Å². The first-order valence-corrected chi connectivity index (χ1v) is 7.45. The highest BCUT2D eigenvalue weighted by Gasteiger charge is 2.19. The summed E-state index contributed by atoms with van der Waals surface area (Å²) in [4.78, 5) is 30.0. The molecule has 1 N–H and O–H groups in total. The van der Waals surface area contributed by atoms with E-state index in [1.807, 2.05) is 56.3 Å². The third-order valence-corrected chi connectivity index (χ3v) is 4.00. The summed E-state index contributed by atoms with van der Waals surface area (Å²) >= 11 is 0. The number of H-pyrrole nitrogens is 1. The minimum atomic E-state index is -0.320. The van der Waals surface area contributed by atoms with E-state index in [0.29, 0.717) is 5.39 Å². The highest BCUT2D eigenvalue weighted by Crippen LogP contribution is 2.18. The number of aryl methyl sites for hydroxylation is 2. The molecule has 3 rings (SSSR count). The van der Waals surface area contributed by atoms with Crippen molar-refractivity contribution in [2.24, 2.45) is 0 Å². The van der Waals surface area contributed by atoms with Crippen molar-refractivity contribution in [1.29, 1.82) is 0 Å². The Kier molecular flexibility index (Phi) is 3.74. The van der Waals surface area contributed by atoms with E-state index in [4.69, 9.17) is 0 Å². The zero-order valence-corrected chi connectivity index (χ0v) is 13.4. The lowest BCUT2D eigenvalue weighted by molar-refractivity contribution is 0.0992. The molecule has 0 unspecified atom stereocenters. The first kappa shape index (κ1) is 15.0. The number of aromatic nitrogens is 1. The minimum absolute atomic E-state index is 0.149. The smallest absolute Gasteiger partial charge is 0.263 e. The second kappa shape index (κ2) is 5.72. The van der Waals surface area contributed by atoms with Gasteiger partial charge >= 0.3 is 0 Å². The predicted molar refractivity (Wildman–Crippen MR) is 93.2 cm³/mol. The van der Waals surface area contributed by atoms with E-state index in [2.05, 4.69) is 4.98 Å². The van der Waals surface area contributed by atoms with E-state index in [0.717, 1.165) is 22.3 Å². The number of amides is 1. The summed E-state index contributed by atoms with van der Waals surface area (Å²) in [7, 11) is 1.67. The highest BCUT2D eigenvalue weighted by atomic mass is 16.2. The molecule has 3 aromatic rings. The lowest BCUT2D eigenvalue weighted by Gasteiger charge is -2.17. The van der Waals surface area contributed by atoms with Gasteiger partial charge in [-0.3, -0.25) is 9.59 Å². The number of nitrogens with one attached hydrogen (secondary N) is 1. The minimum Gasteiger partial charge on any atom is -0.360 e. The maximum Gasteiger partial charge on any atom is 0.263 e. The predicted octanol–water partition coefficient (Wildman–Crippen LogP) is 3.42. The molecular formula is C19H18N2O2. The summed E-state index contributed by atoms with van der Waals surface area (Å²) < 4.78 is 0. The third-order valence-electron chi connectivity index (χ3n) is 4.00. The summed E-state index contributed by atoms with van der Waals surface area (Å²) in [6.07, 6.45) is 1.51. The van der Waals surface area contributed by atoms with Crippen LogP contribution in [0.4, 0.5) is 5.69 Å². The van der Waals surface area contributed by atoms with Gasteiger partial charge in [-0.1, -0.05) is 24.3 Å². The molecule has 0 aliphatic rings. The van der Waals surface area contributed by atoms with Gasteiger partial charge in [-0.05, 0) is 43.2 Å². The van der Waals surface area contributed by atoms with E-state index in [9.17, 15) is 9.59 Å². The van der Waals surface area contributed by atoms with Crippen LogP contribution in [-0.2, 0) is 0 Å². The molecule has 0 saturated carbocycles. The Morgan fingerprint density at radius 1 is 1.09 bits per heavy atom. The Bertz CT molecular complexity index is 943. The molecule has 0 aliphatic carbocycles. The van der Waals surface area contributed by atoms with Gasteiger partial charge in [-0.25, -0.2) is 0 Å². The average Bonchev–Trinajstić information content (AvgIpc) is 2.54. The highest BCUT2D eigenvalue weighted by molar-refractivity contribution is 6.07. The molecule has 23 heavy (non-hydrogen) atoms. The van der Waals surface area contributed by atoms with Crippen LogP contribution < -0.4 is 10.3 Å². The summed E-state index contributed by atoms with van der Waals surface area (Å²) in [5.41, 5.74) is 3.37. The molecule has 4 nitrogen and oxygen atoms in total. The molecule has 2 aromatic carbocycles. The zero-order valence-electron chi connectivity index (χ0n) is 13.4. The van der Waals surface area contributed by atoms with Crippen molar-refractivity contribution in [2.75, 3.05) is 11.9 Å². The van der Waals surface area contributed by atoms with Gasteiger partial charge in [0.2, 0.25) is 5.43 Å². The van der Waals surface area contributed by atoms with E-state index in [1.54, 1.807) is 7.05 Å². The molecule has 0 fully saturated rings. The topological polar surface area (TPSA) is 53.2 Å². The van der Waals surface area contributed by atoms with Gasteiger partial charge < -0.3 is 9.88 Å². The molecule has 1 heterocycles. The quantitative estimate of drug-likeness (QED) is 0.788. The number of carbonyl (C=O) groups is 1. The largest absolute Gasteiger partial charge is 0.360 e. The van der Waals surface area contributed by atoms with Crippen molar-refractivity contribution < 1.29 is 4.79 Å². The van der Waals surface area contributed by atoms with E-state index in [1.165, 1.54) is 11.1 Å². The van der Waals surface area contributed by atoms with Crippen LogP contribution in [0.2, 0.25) is 0 Å². The summed E-state index contributed by atoms with van der Waals surface area (Å²) in [5.74, 6) is -0.320. The van der Waals surface area contributed by atoms with Crippen LogP contribution in [0.1, 0.15) is 21.5 Å². The Hall–Kier alpha value is -2.88. The lowest BCUT2D eigenvalue weighted by atomic mass is 10.0. The second-order valence-corrected chi connectivity index (χ2v) is 5.74. The normalized spacial score (nSPS) is 10.7. The van der Waals surface area contributed by atoms with Gasteiger partial charge in [0.1, 0.15) is 5.56 Å². The maximum absolute atomic E-state index is 12.8. The van der Waals surface area contributed by atoms with Gasteiger partial charge in [-0.2, -0.15) is 0 Å². The number of rotatable bonds is 2. The average molecular weight is 306 g/mol. The Morgan fingerprint density at radius 2 is 1.78 bits per heavy atom. The molecule has 0 spiro atoms.